The number of nitrogens with zero attached hydrogens (tertiary/aromatic N) is 3. The predicted octanol–water partition coefficient (Wildman–Crippen LogP) is 1.84. The topological polar surface area (TPSA) is 99.2 Å². The number of benzene rings is 1. The number of hydrogen-bond acceptors (Lipinski definition) is 4. The van der Waals surface area contributed by atoms with Crippen molar-refractivity contribution in [2.75, 3.05) is 25.5 Å². The standard InChI is InChI=1S/C20H26N4O4S/c1-23-11-4-8-18(23)22-29(27,28)16-6-2-5-15(13-16)21-19(25)17-7-3-12-24(17)20(26)14-9-10-14/h2,5-6,13-14,17H,3-4,7-12H2,1H3,(H,21,25)/b22-18+. The van der Waals surface area contributed by atoms with Gasteiger partial charge in [0.05, 0.1) is 4.90 Å². The van der Waals surface area contributed by atoms with E-state index in [1.807, 2.05) is 11.9 Å². The fourth-order valence-corrected chi connectivity index (χ4v) is 5.07. The second-order valence-electron chi connectivity index (χ2n) is 7.99. The molecular formula is C20H26N4O4S. The second-order valence-corrected chi connectivity index (χ2v) is 9.59. The molecule has 1 aliphatic carbocycles. The van der Waals surface area contributed by atoms with Crippen molar-refractivity contribution < 1.29 is 18.0 Å². The van der Waals surface area contributed by atoms with Gasteiger partial charge in [-0.25, -0.2) is 0 Å². The van der Waals surface area contributed by atoms with Crippen molar-refractivity contribution in [3.05, 3.63) is 24.3 Å². The van der Waals surface area contributed by atoms with Crippen LogP contribution >= 0.6 is 0 Å². The van der Waals surface area contributed by atoms with Crippen molar-refractivity contribution >= 4 is 33.4 Å². The first kappa shape index (κ1) is 19.9. The molecule has 2 heterocycles. The number of rotatable bonds is 5. The van der Waals surface area contributed by atoms with Gasteiger partial charge in [0.25, 0.3) is 10.0 Å². The molecule has 2 saturated heterocycles. The van der Waals surface area contributed by atoms with Crippen molar-refractivity contribution in [1.82, 2.24) is 9.80 Å². The number of sulfonamides is 1. The van der Waals surface area contributed by atoms with Crippen molar-refractivity contribution in [3.63, 3.8) is 0 Å². The van der Waals surface area contributed by atoms with Crippen molar-refractivity contribution in [2.24, 2.45) is 10.3 Å². The van der Waals surface area contributed by atoms with Crippen LogP contribution in [0.5, 0.6) is 0 Å². The van der Waals surface area contributed by atoms with E-state index >= 15 is 0 Å². The van der Waals surface area contributed by atoms with E-state index in [1.54, 1.807) is 17.0 Å². The van der Waals surface area contributed by atoms with Crippen molar-refractivity contribution in [2.45, 2.75) is 49.5 Å². The largest absolute Gasteiger partial charge is 0.362 e. The minimum Gasteiger partial charge on any atom is -0.362 e. The summed E-state index contributed by atoms with van der Waals surface area (Å²) in [4.78, 5) is 28.7. The molecule has 9 heteroatoms. The Balaban J connectivity index is 1.48. The molecule has 8 nitrogen and oxygen atoms in total. The molecule has 1 aromatic carbocycles. The number of amidine groups is 1. The van der Waals surface area contributed by atoms with Gasteiger partial charge in [-0.15, -0.1) is 4.40 Å². The third-order valence-corrected chi connectivity index (χ3v) is 7.03. The molecule has 156 valence electrons. The van der Waals surface area contributed by atoms with Crippen LogP contribution in [0.1, 0.15) is 38.5 Å². The van der Waals surface area contributed by atoms with Crippen molar-refractivity contribution in [1.29, 1.82) is 0 Å². The molecule has 1 saturated carbocycles. The average Bonchev–Trinajstić information content (AvgIpc) is 3.29. The Hall–Kier alpha value is -2.42. The quantitative estimate of drug-likeness (QED) is 0.787. The lowest BCUT2D eigenvalue weighted by molar-refractivity contribution is -0.137. The summed E-state index contributed by atoms with van der Waals surface area (Å²) in [6.07, 6.45) is 4.76. The molecular weight excluding hydrogens is 392 g/mol. The van der Waals surface area contributed by atoms with Crippen molar-refractivity contribution in [3.8, 4) is 0 Å². The van der Waals surface area contributed by atoms with E-state index in [9.17, 15) is 18.0 Å². The minimum atomic E-state index is -3.85. The Morgan fingerprint density at radius 1 is 1.14 bits per heavy atom. The lowest BCUT2D eigenvalue weighted by Crippen LogP contribution is -2.43. The number of likely N-dealkylation sites (tertiary alicyclic amines) is 2. The summed E-state index contributed by atoms with van der Waals surface area (Å²) in [7, 11) is -2.02. The average molecular weight is 419 g/mol. The summed E-state index contributed by atoms with van der Waals surface area (Å²) in [6.45, 7) is 1.40. The van der Waals surface area contributed by atoms with Gasteiger partial charge in [0.2, 0.25) is 11.8 Å². The van der Waals surface area contributed by atoms with Gasteiger partial charge in [-0.3, -0.25) is 9.59 Å². The van der Waals surface area contributed by atoms with Gasteiger partial charge in [0.15, 0.2) is 0 Å². The van der Waals surface area contributed by atoms with Crippen LogP contribution in [-0.4, -0.2) is 62.0 Å². The van der Waals surface area contributed by atoms with E-state index in [4.69, 9.17) is 0 Å². The van der Waals surface area contributed by atoms with Gasteiger partial charge in [-0.2, -0.15) is 8.42 Å². The fraction of sp³-hybridized carbons (Fsp3) is 0.550. The van der Waals surface area contributed by atoms with Gasteiger partial charge < -0.3 is 15.1 Å². The lowest BCUT2D eigenvalue weighted by Gasteiger charge is -2.24. The first-order valence-electron chi connectivity index (χ1n) is 10.1. The number of amides is 2. The Labute approximate surface area is 171 Å². The molecule has 1 aromatic rings. The minimum absolute atomic E-state index is 0.0421. The maximum atomic E-state index is 12.8. The van der Waals surface area contributed by atoms with Gasteiger partial charge in [-0.1, -0.05) is 6.07 Å². The Kier molecular flexibility index (Phi) is 5.33. The summed E-state index contributed by atoms with van der Waals surface area (Å²) in [5.41, 5.74) is 0.391. The third kappa shape index (κ3) is 4.29. The molecule has 1 unspecified atom stereocenters. The molecule has 29 heavy (non-hydrogen) atoms. The van der Waals surface area contributed by atoms with Crippen LogP contribution in [0, 0.1) is 5.92 Å². The summed E-state index contributed by atoms with van der Waals surface area (Å²) in [5.74, 6) is 0.424. The molecule has 0 aromatic heterocycles. The molecule has 2 amide bonds. The Morgan fingerprint density at radius 3 is 2.62 bits per heavy atom. The van der Waals surface area contributed by atoms with E-state index in [0.29, 0.717) is 30.9 Å². The maximum absolute atomic E-state index is 12.8. The maximum Gasteiger partial charge on any atom is 0.284 e. The molecule has 0 radical (unpaired) electrons. The van der Waals surface area contributed by atoms with Crippen LogP contribution in [0.25, 0.3) is 0 Å². The lowest BCUT2D eigenvalue weighted by atomic mass is 10.2. The van der Waals surface area contributed by atoms with E-state index in [1.165, 1.54) is 12.1 Å². The van der Waals surface area contributed by atoms with Crippen LogP contribution in [-0.2, 0) is 19.6 Å². The summed E-state index contributed by atoms with van der Waals surface area (Å²) in [5, 5.41) is 2.79. The fourth-order valence-electron chi connectivity index (χ4n) is 3.93. The summed E-state index contributed by atoms with van der Waals surface area (Å²) < 4.78 is 29.3. The summed E-state index contributed by atoms with van der Waals surface area (Å²) >= 11 is 0. The number of nitrogens with one attached hydrogen (secondary N) is 1. The highest BCUT2D eigenvalue weighted by Gasteiger charge is 2.40. The molecule has 2 aliphatic heterocycles. The summed E-state index contributed by atoms with van der Waals surface area (Å²) in [6, 6.07) is 5.64. The molecule has 4 rings (SSSR count). The highest BCUT2D eigenvalue weighted by atomic mass is 32.2. The third-order valence-electron chi connectivity index (χ3n) is 5.72. The zero-order valence-electron chi connectivity index (χ0n) is 16.5. The Morgan fingerprint density at radius 2 is 1.93 bits per heavy atom. The molecule has 1 N–H and O–H groups in total. The van der Waals surface area contributed by atoms with Crippen LogP contribution in [0.3, 0.4) is 0 Å². The molecule has 3 aliphatic rings. The van der Waals surface area contributed by atoms with Gasteiger partial charge in [-0.05, 0) is 50.3 Å². The number of carbonyl (C=O) groups excluding carboxylic acids is 2. The monoisotopic (exact) mass is 418 g/mol. The van der Waals surface area contributed by atoms with E-state index in [2.05, 4.69) is 9.71 Å². The van der Waals surface area contributed by atoms with Crippen LogP contribution < -0.4 is 5.32 Å². The predicted molar refractivity (Wildman–Crippen MR) is 109 cm³/mol. The highest BCUT2D eigenvalue weighted by molar-refractivity contribution is 7.90. The second kappa shape index (κ2) is 7.78. The zero-order chi connectivity index (χ0) is 20.6. The van der Waals surface area contributed by atoms with Crippen LogP contribution in [0.2, 0.25) is 0 Å². The van der Waals surface area contributed by atoms with Gasteiger partial charge in [0.1, 0.15) is 11.9 Å². The first-order valence-corrected chi connectivity index (χ1v) is 11.6. The first-order chi connectivity index (χ1) is 13.8. The SMILES string of the molecule is CN1CCC/C1=N\S(=O)(=O)c1cccc(NC(=O)C2CCCN2C(=O)C2CC2)c1. The smallest absolute Gasteiger partial charge is 0.284 e. The molecule has 3 fully saturated rings. The highest BCUT2D eigenvalue weighted by Crippen LogP contribution is 2.34. The number of carbonyl (C=O) groups is 2. The van der Waals surface area contributed by atoms with E-state index in [-0.39, 0.29) is 22.6 Å². The number of hydrogen-bond donors (Lipinski definition) is 1. The van der Waals surface area contributed by atoms with Gasteiger partial charge in [0, 0.05) is 38.2 Å². The van der Waals surface area contributed by atoms with Crippen LogP contribution in [0.15, 0.2) is 33.6 Å². The molecule has 0 bridgehead atoms. The van der Waals surface area contributed by atoms with E-state index in [0.717, 1.165) is 32.2 Å². The molecule has 1 atom stereocenters. The normalized spacial score (nSPS) is 23.6. The molecule has 0 spiro atoms. The number of anilines is 1. The van der Waals surface area contributed by atoms with Gasteiger partial charge >= 0.3 is 0 Å². The Bertz CT molecular complexity index is 955. The van der Waals surface area contributed by atoms with Crippen LogP contribution in [0.4, 0.5) is 5.69 Å². The van der Waals surface area contributed by atoms with E-state index < -0.39 is 16.1 Å². The zero-order valence-corrected chi connectivity index (χ0v) is 17.3.